The first-order valence-electron chi connectivity index (χ1n) is 6.68. The van der Waals surface area contributed by atoms with Crippen LogP contribution >= 0.6 is 22.9 Å². The molecule has 3 heterocycles. The quantitative estimate of drug-likeness (QED) is 0.779. The molecule has 0 radical (unpaired) electrons. The lowest BCUT2D eigenvalue weighted by Gasteiger charge is -2.36. The Bertz CT molecular complexity index is 929. The molecule has 0 spiro atoms. The number of thiazole rings is 1. The van der Waals surface area contributed by atoms with Crippen LogP contribution in [0.5, 0.6) is 0 Å². The molecule has 0 amide bonds. The summed E-state index contributed by atoms with van der Waals surface area (Å²) in [5, 5.41) is 9.48. The topological polar surface area (TPSA) is 57.8 Å². The minimum absolute atomic E-state index is 0.0570. The molecule has 1 aliphatic heterocycles. The van der Waals surface area contributed by atoms with Crippen LogP contribution < -0.4 is 0 Å². The predicted octanol–water partition coefficient (Wildman–Crippen LogP) is 3.07. The largest absolute Gasteiger partial charge is 0.476 e. The molecule has 22 heavy (non-hydrogen) atoms. The van der Waals surface area contributed by atoms with E-state index in [4.69, 9.17) is 11.6 Å². The number of likely N-dealkylation sites (tertiary alicyclic amines) is 1. The number of carboxylic acids is 1. The van der Waals surface area contributed by atoms with E-state index >= 15 is 0 Å². The van der Waals surface area contributed by atoms with Gasteiger partial charge in [-0.3, -0.25) is 4.40 Å². The molecule has 0 atom stereocenters. The highest BCUT2D eigenvalue weighted by molar-refractivity contribution is 7.24. The minimum Gasteiger partial charge on any atom is -0.476 e. The number of aromatic carboxylic acids is 1. The molecule has 0 aliphatic carbocycles. The molecule has 1 N–H and O–H groups in total. The summed E-state index contributed by atoms with van der Waals surface area (Å²) in [6.45, 7) is 1.56. The van der Waals surface area contributed by atoms with Gasteiger partial charge in [-0.25, -0.2) is 14.2 Å². The van der Waals surface area contributed by atoms with Crippen molar-refractivity contribution in [2.24, 2.45) is 0 Å². The van der Waals surface area contributed by atoms with Crippen molar-refractivity contribution >= 4 is 44.1 Å². The van der Waals surface area contributed by atoms with Crippen LogP contribution in [0, 0.1) is 5.82 Å². The summed E-state index contributed by atoms with van der Waals surface area (Å²) in [6.07, 6.45) is 0. The molecule has 0 saturated carbocycles. The fourth-order valence-electron chi connectivity index (χ4n) is 3.00. The van der Waals surface area contributed by atoms with Gasteiger partial charge >= 0.3 is 5.97 Å². The van der Waals surface area contributed by atoms with Gasteiger partial charge in [0.2, 0.25) is 0 Å². The van der Waals surface area contributed by atoms with E-state index in [1.54, 1.807) is 6.07 Å². The summed E-state index contributed by atoms with van der Waals surface area (Å²) in [4.78, 5) is 18.4. The van der Waals surface area contributed by atoms with Crippen molar-refractivity contribution in [1.82, 2.24) is 14.3 Å². The maximum Gasteiger partial charge on any atom is 0.356 e. The van der Waals surface area contributed by atoms with E-state index in [9.17, 15) is 14.3 Å². The second kappa shape index (κ2) is 4.65. The summed E-state index contributed by atoms with van der Waals surface area (Å²) >= 11 is 7.24. The summed E-state index contributed by atoms with van der Waals surface area (Å²) in [7, 11) is 1.98. The number of rotatable bonds is 2. The number of imidazole rings is 1. The normalized spacial score (nSPS) is 16.5. The van der Waals surface area contributed by atoms with E-state index < -0.39 is 11.8 Å². The molecule has 4 rings (SSSR count). The van der Waals surface area contributed by atoms with Crippen molar-refractivity contribution in [1.29, 1.82) is 0 Å². The van der Waals surface area contributed by atoms with Crippen molar-refractivity contribution in [2.75, 3.05) is 20.1 Å². The summed E-state index contributed by atoms with van der Waals surface area (Å²) in [6, 6.07) is 2.92. The van der Waals surface area contributed by atoms with Gasteiger partial charge in [0.1, 0.15) is 5.82 Å². The second-order valence-corrected chi connectivity index (χ2v) is 6.85. The third kappa shape index (κ3) is 1.79. The van der Waals surface area contributed by atoms with Crippen LogP contribution in [0.3, 0.4) is 0 Å². The lowest BCUT2D eigenvalue weighted by Crippen LogP contribution is -2.42. The van der Waals surface area contributed by atoms with Crippen molar-refractivity contribution < 1.29 is 14.3 Å². The smallest absolute Gasteiger partial charge is 0.356 e. The number of carbonyl (C=O) groups is 1. The number of hydrogen-bond acceptors (Lipinski definition) is 4. The van der Waals surface area contributed by atoms with E-state index in [2.05, 4.69) is 9.88 Å². The molecule has 0 unspecified atom stereocenters. The molecule has 1 aromatic carbocycles. The Hall–Kier alpha value is -1.70. The van der Waals surface area contributed by atoms with E-state index in [1.807, 2.05) is 11.4 Å². The van der Waals surface area contributed by atoms with E-state index in [0.29, 0.717) is 20.9 Å². The van der Waals surface area contributed by atoms with Gasteiger partial charge in [0.15, 0.2) is 10.7 Å². The number of nitrogens with zero attached hydrogens (tertiary/aromatic N) is 3. The zero-order valence-corrected chi connectivity index (χ0v) is 13.1. The van der Waals surface area contributed by atoms with Crippen LogP contribution in [-0.2, 0) is 0 Å². The molecule has 1 fully saturated rings. The number of aromatic nitrogens is 2. The first kappa shape index (κ1) is 13.9. The fraction of sp³-hybridized carbons (Fsp3) is 0.286. The maximum atomic E-state index is 13.6. The number of fused-ring (bicyclic) bond motifs is 3. The first-order valence-corrected chi connectivity index (χ1v) is 7.87. The van der Waals surface area contributed by atoms with Crippen LogP contribution in [-0.4, -0.2) is 45.5 Å². The lowest BCUT2D eigenvalue weighted by atomic mass is 9.95. The number of benzene rings is 1. The molecule has 2 aromatic heterocycles. The van der Waals surface area contributed by atoms with Gasteiger partial charge in [0.25, 0.3) is 0 Å². The predicted molar refractivity (Wildman–Crippen MR) is 82.7 cm³/mol. The highest BCUT2D eigenvalue weighted by atomic mass is 35.5. The van der Waals surface area contributed by atoms with E-state index in [1.165, 1.54) is 17.4 Å². The SMILES string of the molecule is CN1CC(c2c(C(=O)O)nc3sc4c(Cl)c(F)ccc4n23)C1. The Labute approximate surface area is 133 Å². The average molecular weight is 340 g/mol. The van der Waals surface area contributed by atoms with Gasteiger partial charge in [-0.2, -0.15) is 0 Å². The monoisotopic (exact) mass is 339 g/mol. The van der Waals surface area contributed by atoms with Gasteiger partial charge in [0, 0.05) is 19.0 Å². The number of hydrogen-bond donors (Lipinski definition) is 1. The highest BCUT2D eigenvalue weighted by Crippen LogP contribution is 2.38. The second-order valence-electron chi connectivity index (χ2n) is 5.50. The molecule has 1 saturated heterocycles. The summed E-state index contributed by atoms with van der Waals surface area (Å²) < 4.78 is 16.0. The number of halogens is 2. The van der Waals surface area contributed by atoms with Crippen LogP contribution in [0.4, 0.5) is 4.39 Å². The lowest BCUT2D eigenvalue weighted by molar-refractivity contribution is 0.0686. The standard InChI is InChI=1S/C14H11ClFN3O2S/c1-18-4-6(5-18)11-10(13(20)21)17-14-19(11)8-3-2-7(16)9(15)12(8)22-14/h2-3,6H,4-5H2,1H3,(H,20,21). The molecule has 8 heteroatoms. The molecular weight excluding hydrogens is 329 g/mol. The Morgan fingerprint density at radius 3 is 2.86 bits per heavy atom. The Balaban J connectivity index is 2.06. The molecular formula is C14H11ClFN3O2S. The van der Waals surface area contributed by atoms with Gasteiger partial charge in [-0.1, -0.05) is 22.9 Å². The zero-order valence-electron chi connectivity index (χ0n) is 11.5. The van der Waals surface area contributed by atoms with Crippen LogP contribution in [0.15, 0.2) is 12.1 Å². The maximum absolute atomic E-state index is 13.6. The molecule has 0 bridgehead atoms. The molecule has 114 valence electrons. The third-order valence-corrected chi connectivity index (χ3v) is 5.55. The van der Waals surface area contributed by atoms with Crippen LogP contribution in [0.25, 0.3) is 15.2 Å². The van der Waals surface area contributed by atoms with E-state index in [0.717, 1.165) is 13.1 Å². The molecule has 1 aliphatic rings. The number of carboxylic acid groups (broad SMARTS) is 1. The van der Waals surface area contributed by atoms with Gasteiger partial charge < -0.3 is 10.0 Å². The van der Waals surface area contributed by atoms with Crippen molar-refractivity contribution in [3.63, 3.8) is 0 Å². The van der Waals surface area contributed by atoms with Gasteiger partial charge in [-0.05, 0) is 19.2 Å². The fourth-order valence-corrected chi connectivity index (χ4v) is 4.34. The molecule has 5 nitrogen and oxygen atoms in total. The van der Waals surface area contributed by atoms with Crippen LogP contribution in [0.2, 0.25) is 5.02 Å². The Morgan fingerprint density at radius 2 is 2.23 bits per heavy atom. The van der Waals surface area contributed by atoms with Gasteiger partial charge in [-0.15, -0.1) is 0 Å². The summed E-state index contributed by atoms with van der Waals surface area (Å²) in [5.41, 5.74) is 1.46. The Kier molecular flexibility index (Phi) is 2.94. The first-order chi connectivity index (χ1) is 10.5. The van der Waals surface area contributed by atoms with E-state index in [-0.39, 0.29) is 16.6 Å². The van der Waals surface area contributed by atoms with Crippen molar-refractivity contribution in [3.05, 3.63) is 34.4 Å². The highest BCUT2D eigenvalue weighted by Gasteiger charge is 2.34. The number of likely N-dealkylation sites (N-methyl/N-ethyl adjacent to an activating group) is 1. The van der Waals surface area contributed by atoms with Crippen molar-refractivity contribution in [3.8, 4) is 0 Å². The van der Waals surface area contributed by atoms with Crippen molar-refractivity contribution in [2.45, 2.75) is 5.92 Å². The third-order valence-electron chi connectivity index (χ3n) is 4.00. The minimum atomic E-state index is -1.04. The molecule has 3 aromatic rings. The van der Waals surface area contributed by atoms with Gasteiger partial charge in [0.05, 0.1) is 20.9 Å². The summed E-state index contributed by atoms with van der Waals surface area (Å²) in [5.74, 6) is -1.42. The Morgan fingerprint density at radius 1 is 1.50 bits per heavy atom. The van der Waals surface area contributed by atoms with Crippen LogP contribution in [0.1, 0.15) is 22.1 Å². The average Bonchev–Trinajstić information content (AvgIpc) is 2.96. The zero-order chi connectivity index (χ0) is 15.6.